The van der Waals surface area contributed by atoms with E-state index in [2.05, 4.69) is 21.2 Å². The molecule has 0 heterocycles. The van der Waals surface area contributed by atoms with E-state index in [1.807, 2.05) is 32.0 Å². The van der Waals surface area contributed by atoms with Gasteiger partial charge in [-0.1, -0.05) is 12.1 Å². The minimum atomic E-state index is -0.392. The van der Waals surface area contributed by atoms with Crippen molar-refractivity contribution in [3.63, 3.8) is 0 Å². The average Bonchev–Trinajstić information content (AvgIpc) is 2.14. The molecule has 0 fully saturated rings. The van der Waals surface area contributed by atoms with E-state index in [1.54, 1.807) is 6.07 Å². The van der Waals surface area contributed by atoms with E-state index >= 15 is 0 Å². The number of carbonyl (C=O) groups excluding carboxylic acids is 1. The maximum atomic E-state index is 11.7. The van der Waals surface area contributed by atoms with Crippen LogP contribution >= 0.6 is 28.3 Å². The van der Waals surface area contributed by atoms with Crippen molar-refractivity contribution < 1.29 is 4.79 Å². The lowest BCUT2D eigenvalue weighted by molar-refractivity contribution is 0.0945. The molecule has 0 aliphatic heterocycles. The zero-order chi connectivity index (χ0) is 11.5. The van der Waals surface area contributed by atoms with E-state index in [1.165, 1.54) is 0 Å². The minimum Gasteiger partial charge on any atom is -0.350 e. The van der Waals surface area contributed by atoms with E-state index in [0.717, 1.165) is 4.47 Å². The molecule has 0 saturated heterocycles. The topological polar surface area (TPSA) is 55.1 Å². The molecule has 3 nitrogen and oxygen atoms in total. The zero-order valence-electron chi connectivity index (χ0n) is 9.29. The van der Waals surface area contributed by atoms with Crippen LogP contribution in [0.1, 0.15) is 24.2 Å². The molecule has 0 aromatic heterocycles. The van der Waals surface area contributed by atoms with Gasteiger partial charge in [-0.25, -0.2) is 0 Å². The van der Waals surface area contributed by atoms with Gasteiger partial charge >= 0.3 is 0 Å². The molecule has 0 aliphatic rings. The normalized spacial score (nSPS) is 10.5. The third kappa shape index (κ3) is 4.96. The number of nitrogens with one attached hydrogen (secondary N) is 1. The van der Waals surface area contributed by atoms with Crippen molar-refractivity contribution in [3.05, 3.63) is 34.3 Å². The van der Waals surface area contributed by atoms with Gasteiger partial charge < -0.3 is 11.1 Å². The summed E-state index contributed by atoms with van der Waals surface area (Å²) in [4.78, 5) is 11.7. The molecule has 0 atom stereocenters. The molecule has 1 amide bonds. The molecule has 0 spiro atoms. The Kier molecular flexibility index (Phi) is 6.00. The van der Waals surface area contributed by atoms with Crippen molar-refractivity contribution in [2.24, 2.45) is 5.73 Å². The van der Waals surface area contributed by atoms with Gasteiger partial charge in [0.2, 0.25) is 0 Å². The van der Waals surface area contributed by atoms with Crippen LogP contribution in [0.2, 0.25) is 0 Å². The highest BCUT2D eigenvalue weighted by Gasteiger charge is 2.14. The van der Waals surface area contributed by atoms with Gasteiger partial charge in [-0.3, -0.25) is 4.79 Å². The summed E-state index contributed by atoms with van der Waals surface area (Å²) < 4.78 is 0.789. The number of halogens is 2. The molecule has 90 valence electrons. The summed E-state index contributed by atoms with van der Waals surface area (Å²) >= 11 is 3.33. The third-order valence-corrected chi connectivity index (χ3v) is 2.51. The van der Waals surface area contributed by atoms with Crippen LogP contribution < -0.4 is 11.1 Å². The lowest BCUT2D eigenvalue weighted by Gasteiger charge is -2.19. The first kappa shape index (κ1) is 15.4. The number of nitrogens with two attached hydrogens (primary N) is 1. The van der Waals surface area contributed by atoms with Crippen molar-refractivity contribution in [3.8, 4) is 0 Å². The third-order valence-electron chi connectivity index (χ3n) is 1.82. The second-order valence-electron chi connectivity index (χ2n) is 4.15. The predicted molar refractivity (Wildman–Crippen MR) is 72.0 cm³/mol. The summed E-state index contributed by atoms with van der Waals surface area (Å²) in [6, 6.07) is 7.30. The maximum Gasteiger partial charge on any atom is 0.252 e. The second-order valence-corrected chi connectivity index (χ2v) is 5.01. The lowest BCUT2D eigenvalue weighted by atomic mass is 10.1. The average molecular weight is 308 g/mol. The first-order valence-electron chi connectivity index (χ1n) is 4.72. The first-order chi connectivity index (χ1) is 6.90. The Bertz CT molecular complexity index is 363. The molecule has 1 aromatic rings. The van der Waals surface area contributed by atoms with Crippen LogP contribution in [0.15, 0.2) is 28.7 Å². The van der Waals surface area contributed by atoms with E-state index in [0.29, 0.717) is 12.1 Å². The van der Waals surface area contributed by atoms with E-state index in [9.17, 15) is 4.79 Å². The Balaban J connectivity index is 0.00000225. The molecule has 0 unspecified atom stereocenters. The fraction of sp³-hybridized carbons (Fsp3) is 0.364. The van der Waals surface area contributed by atoms with Crippen LogP contribution in [0.3, 0.4) is 0 Å². The van der Waals surface area contributed by atoms with Crippen LogP contribution in [0, 0.1) is 0 Å². The molecule has 3 N–H and O–H groups in total. The summed E-state index contributed by atoms with van der Waals surface area (Å²) in [5.41, 5.74) is 6.01. The summed E-state index contributed by atoms with van der Waals surface area (Å²) in [6.07, 6.45) is 0. The van der Waals surface area contributed by atoms with Gasteiger partial charge in [-0.05, 0) is 41.9 Å². The highest BCUT2D eigenvalue weighted by molar-refractivity contribution is 9.10. The number of hydrogen-bond acceptors (Lipinski definition) is 2. The smallest absolute Gasteiger partial charge is 0.252 e. The highest BCUT2D eigenvalue weighted by Crippen LogP contribution is 2.15. The van der Waals surface area contributed by atoms with Gasteiger partial charge in [0.05, 0.1) is 5.56 Å². The van der Waals surface area contributed by atoms with Gasteiger partial charge in [-0.2, -0.15) is 0 Å². The summed E-state index contributed by atoms with van der Waals surface area (Å²) in [5, 5.41) is 2.79. The summed E-state index contributed by atoms with van der Waals surface area (Å²) in [5.74, 6) is -0.110. The Morgan fingerprint density at radius 1 is 1.44 bits per heavy atom. The van der Waals surface area contributed by atoms with E-state index < -0.39 is 5.54 Å². The van der Waals surface area contributed by atoms with Crippen LogP contribution in [0.5, 0.6) is 0 Å². The first-order valence-corrected chi connectivity index (χ1v) is 5.51. The molecule has 1 aromatic carbocycles. The molecule has 5 heteroatoms. The van der Waals surface area contributed by atoms with Crippen LogP contribution in [0.25, 0.3) is 0 Å². The number of rotatable bonds is 3. The zero-order valence-corrected chi connectivity index (χ0v) is 11.7. The molecule has 1 rings (SSSR count). The van der Waals surface area contributed by atoms with Crippen LogP contribution in [-0.4, -0.2) is 18.0 Å². The molecule has 0 radical (unpaired) electrons. The van der Waals surface area contributed by atoms with Gasteiger partial charge in [0.1, 0.15) is 0 Å². The van der Waals surface area contributed by atoms with Gasteiger partial charge in [-0.15, -0.1) is 12.4 Å². The van der Waals surface area contributed by atoms with Crippen molar-refractivity contribution >= 4 is 34.2 Å². The number of amides is 1. The quantitative estimate of drug-likeness (QED) is 0.900. The van der Waals surface area contributed by atoms with Crippen molar-refractivity contribution in [1.29, 1.82) is 0 Å². The van der Waals surface area contributed by atoms with Crippen molar-refractivity contribution in [2.75, 3.05) is 6.54 Å². The lowest BCUT2D eigenvalue weighted by Crippen LogP contribution is -2.45. The summed E-state index contributed by atoms with van der Waals surface area (Å²) in [6.45, 7) is 4.19. The Labute approximate surface area is 110 Å². The molecule has 0 aliphatic carbocycles. The highest BCUT2D eigenvalue weighted by atomic mass is 79.9. The largest absolute Gasteiger partial charge is 0.350 e. The fourth-order valence-electron chi connectivity index (χ4n) is 1.05. The molecule has 0 saturated carbocycles. The Hall–Kier alpha value is -0.580. The van der Waals surface area contributed by atoms with Crippen molar-refractivity contribution in [2.45, 2.75) is 19.4 Å². The number of hydrogen-bond donors (Lipinski definition) is 2. The standard InChI is InChI=1S/C11H15BrN2O.ClH/c1-11(2,13)7-14-10(15)8-5-3-4-6-9(8)12;/h3-6H,7,13H2,1-2H3,(H,14,15);1H. The SMILES string of the molecule is CC(C)(N)CNC(=O)c1ccccc1Br.Cl. The minimum absolute atomic E-state index is 0. The second kappa shape index (κ2) is 6.23. The molecular formula is C11H16BrClN2O. The molecule has 16 heavy (non-hydrogen) atoms. The Morgan fingerprint density at radius 2 is 2.00 bits per heavy atom. The molecule has 0 bridgehead atoms. The van der Waals surface area contributed by atoms with E-state index in [4.69, 9.17) is 5.73 Å². The van der Waals surface area contributed by atoms with Crippen molar-refractivity contribution in [1.82, 2.24) is 5.32 Å². The van der Waals surface area contributed by atoms with Gasteiger partial charge in [0.25, 0.3) is 5.91 Å². The Morgan fingerprint density at radius 3 is 2.50 bits per heavy atom. The predicted octanol–water partition coefficient (Wildman–Crippen LogP) is 2.34. The number of benzene rings is 1. The van der Waals surface area contributed by atoms with E-state index in [-0.39, 0.29) is 18.3 Å². The van der Waals surface area contributed by atoms with Gasteiger partial charge in [0.15, 0.2) is 0 Å². The monoisotopic (exact) mass is 306 g/mol. The van der Waals surface area contributed by atoms with Gasteiger partial charge in [0, 0.05) is 16.6 Å². The fourth-order valence-corrected chi connectivity index (χ4v) is 1.51. The number of carbonyl (C=O) groups is 1. The maximum absolute atomic E-state index is 11.7. The van der Waals surface area contributed by atoms with Crippen LogP contribution in [-0.2, 0) is 0 Å². The summed E-state index contributed by atoms with van der Waals surface area (Å²) in [7, 11) is 0. The van der Waals surface area contributed by atoms with Crippen LogP contribution in [0.4, 0.5) is 0 Å². The molecular weight excluding hydrogens is 291 g/mol.